The monoisotopic (exact) mass is 327 g/mol. The molecule has 2 amide bonds. The number of benzene rings is 1. The first-order valence-corrected chi connectivity index (χ1v) is 7.78. The van der Waals surface area contributed by atoms with Crippen molar-refractivity contribution in [3.8, 4) is 0 Å². The highest BCUT2D eigenvalue weighted by molar-refractivity contribution is 5.74. The van der Waals surface area contributed by atoms with E-state index in [9.17, 15) is 13.6 Å². The number of hydrogen-bond acceptors (Lipinski definition) is 3. The molecule has 0 atom stereocenters. The number of amides is 2. The molecule has 0 aliphatic carbocycles. The molecule has 7 heteroatoms. The molecule has 0 bridgehead atoms. The van der Waals surface area contributed by atoms with Crippen LogP contribution in [0.3, 0.4) is 0 Å². The standard InChI is InChI=1S/C16H23F2N3O2/c1-20(8-9-22)16(23)19-13-4-6-21(7-5-13)11-12-2-3-14(17)15(18)10-12/h2-3,10,13,22H,4-9,11H2,1H3,(H,19,23). The molecule has 2 N–H and O–H groups in total. The molecule has 0 aromatic heterocycles. The van der Waals surface area contributed by atoms with E-state index in [4.69, 9.17) is 5.11 Å². The van der Waals surface area contributed by atoms with E-state index in [1.54, 1.807) is 13.1 Å². The molecule has 128 valence electrons. The van der Waals surface area contributed by atoms with E-state index in [0.717, 1.165) is 37.6 Å². The Hall–Kier alpha value is -1.73. The summed E-state index contributed by atoms with van der Waals surface area (Å²) in [5, 5.41) is 11.8. The van der Waals surface area contributed by atoms with Crippen LogP contribution >= 0.6 is 0 Å². The number of likely N-dealkylation sites (N-methyl/N-ethyl adjacent to an activating group) is 1. The Morgan fingerprint density at radius 3 is 2.65 bits per heavy atom. The van der Waals surface area contributed by atoms with Crippen LogP contribution in [0.1, 0.15) is 18.4 Å². The number of nitrogens with zero attached hydrogens (tertiary/aromatic N) is 2. The van der Waals surface area contributed by atoms with E-state index in [2.05, 4.69) is 10.2 Å². The predicted octanol–water partition coefficient (Wildman–Crippen LogP) is 1.56. The van der Waals surface area contributed by atoms with E-state index in [1.165, 1.54) is 11.0 Å². The van der Waals surface area contributed by atoms with Crippen LogP contribution in [0.5, 0.6) is 0 Å². The third kappa shape index (κ3) is 5.14. The van der Waals surface area contributed by atoms with Gasteiger partial charge in [-0.15, -0.1) is 0 Å². The van der Waals surface area contributed by atoms with Gasteiger partial charge in [0.25, 0.3) is 0 Å². The topological polar surface area (TPSA) is 55.8 Å². The number of nitrogens with one attached hydrogen (secondary N) is 1. The second kappa shape index (κ2) is 8.21. The summed E-state index contributed by atoms with van der Waals surface area (Å²) in [6.07, 6.45) is 1.62. The fourth-order valence-electron chi connectivity index (χ4n) is 2.67. The predicted molar refractivity (Wildman–Crippen MR) is 82.9 cm³/mol. The highest BCUT2D eigenvalue weighted by Gasteiger charge is 2.22. The number of hydrogen-bond donors (Lipinski definition) is 2. The lowest BCUT2D eigenvalue weighted by molar-refractivity contribution is 0.166. The maximum absolute atomic E-state index is 13.2. The van der Waals surface area contributed by atoms with Crippen LogP contribution in [-0.4, -0.2) is 60.3 Å². The van der Waals surface area contributed by atoms with Crippen LogP contribution in [0.4, 0.5) is 13.6 Å². The van der Waals surface area contributed by atoms with Crippen LogP contribution in [0.15, 0.2) is 18.2 Å². The summed E-state index contributed by atoms with van der Waals surface area (Å²) in [5.41, 5.74) is 0.745. The zero-order valence-corrected chi connectivity index (χ0v) is 13.3. The molecule has 23 heavy (non-hydrogen) atoms. The smallest absolute Gasteiger partial charge is 0.317 e. The van der Waals surface area contributed by atoms with Gasteiger partial charge in [-0.25, -0.2) is 13.6 Å². The Morgan fingerprint density at radius 1 is 1.35 bits per heavy atom. The molecule has 0 radical (unpaired) electrons. The molecule has 1 saturated heterocycles. The van der Waals surface area contributed by atoms with Crippen molar-refractivity contribution >= 4 is 6.03 Å². The Morgan fingerprint density at radius 2 is 2.04 bits per heavy atom. The summed E-state index contributed by atoms with van der Waals surface area (Å²) in [6.45, 7) is 2.39. The van der Waals surface area contributed by atoms with Gasteiger partial charge in [-0.1, -0.05) is 6.07 Å². The minimum Gasteiger partial charge on any atom is -0.395 e. The minimum atomic E-state index is -0.831. The zero-order valence-electron chi connectivity index (χ0n) is 13.3. The normalized spacial score (nSPS) is 16.3. The first kappa shape index (κ1) is 17.6. The van der Waals surface area contributed by atoms with Gasteiger partial charge < -0.3 is 15.3 Å². The third-order valence-corrected chi connectivity index (χ3v) is 4.09. The summed E-state index contributed by atoms with van der Waals surface area (Å²) >= 11 is 0. The van der Waals surface area contributed by atoms with Gasteiger partial charge in [0.1, 0.15) is 0 Å². The van der Waals surface area contributed by atoms with Crippen molar-refractivity contribution in [2.45, 2.75) is 25.4 Å². The summed E-state index contributed by atoms with van der Waals surface area (Å²) in [7, 11) is 1.64. The average molecular weight is 327 g/mol. The molecule has 0 unspecified atom stereocenters. The second-order valence-electron chi connectivity index (χ2n) is 5.89. The van der Waals surface area contributed by atoms with Gasteiger partial charge in [-0.2, -0.15) is 0 Å². The van der Waals surface area contributed by atoms with E-state index in [0.29, 0.717) is 13.1 Å². The lowest BCUT2D eigenvalue weighted by Crippen LogP contribution is -2.48. The molecule has 1 aliphatic rings. The highest BCUT2D eigenvalue weighted by Crippen LogP contribution is 2.16. The molecule has 0 spiro atoms. The van der Waals surface area contributed by atoms with Gasteiger partial charge in [0, 0.05) is 39.3 Å². The van der Waals surface area contributed by atoms with Gasteiger partial charge in [-0.3, -0.25) is 4.90 Å². The molecule has 0 saturated carbocycles. The Kier molecular flexibility index (Phi) is 6.29. The van der Waals surface area contributed by atoms with Gasteiger partial charge >= 0.3 is 6.03 Å². The maximum atomic E-state index is 13.2. The van der Waals surface area contributed by atoms with Crippen LogP contribution in [0, 0.1) is 11.6 Å². The number of halogens is 2. The van der Waals surface area contributed by atoms with Crippen molar-refractivity contribution in [1.29, 1.82) is 0 Å². The summed E-state index contributed by atoms with van der Waals surface area (Å²) in [4.78, 5) is 15.5. The van der Waals surface area contributed by atoms with Crippen molar-refractivity contribution in [3.05, 3.63) is 35.4 Å². The SMILES string of the molecule is CN(CCO)C(=O)NC1CCN(Cc2ccc(F)c(F)c2)CC1. The van der Waals surface area contributed by atoms with Crippen molar-refractivity contribution in [1.82, 2.24) is 15.1 Å². The van der Waals surface area contributed by atoms with E-state index in [-0.39, 0.29) is 18.7 Å². The number of piperidine rings is 1. The number of urea groups is 1. The molecule has 1 aromatic carbocycles. The Balaban J connectivity index is 1.77. The highest BCUT2D eigenvalue weighted by atomic mass is 19.2. The van der Waals surface area contributed by atoms with Crippen LogP contribution < -0.4 is 5.32 Å². The molecule has 5 nitrogen and oxygen atoms in total. The second-order valence-corrected chi connectivity index (χ2v) is 5.89. The summed E-state index contributed by atoms with van der Waals surface area (Å²) < 4.78 is 26.1. The average Bonchev–Trinajstić information content (AvgIpc) is 2.53. The summed E-state index contributed by atoms with van der Waals surface area (Å²) in [5.74, 6) is -1.65. The quantitative estimate of drug-likeness (QED) is 0.863. The molecular formula is C16H23F2N3O2. The van der Waals surface area contributed by atoms with E-state index < -0.39 is 11.6 Å². The zero-order chi connectivity index (χ0) is 16.8. The van der Waals surface area contributed by atoms with Gasteiger partial charge in [0.15, 0.2) is 11.6 Å². The largest absolute Gasteiger partial charge is 0.395 e. The fraction of sp³-hybridized carbons (Fsp3) is 0.562. The number of carbonyl (C=O) groups excluding carboxylic acids is 1. The van der Waals surface area contributed by atoms with Crippen molar-refractivity contribution in [2.24, 2.45) is 0 Å². The minimum absolute atomic E-state index is 0.0589. The van der Waals surface area contributed by atoms with Crippen molar-refractivity contribution < 1.29 is 18.7 Å². The molecule has 1 aliphatic heterocycles. The molecule has 1 fully saturated rings. The number of rotatable bonds is 5. The Bertz CT molecular complexity index is 534. The van der Waals surface area contributed by atoms with Gasteiger partial charge in [0.2, 0.25) is 0 Å². The lowest BCUT2D eigenvalue weighted by atomic mass is 10.0. The Labute approximate surface area is 134 Å². The van der Waals surface area contributed by atoms with E-state index >= 15 is 0 Å². The molecule has 1 heterocycles. The number of aliphatic hydroxyl groups is 1. The van der Waals surface area contributed by atoms with Crippen LogP contribution in [0.25, 0.3) is 0 Å². The van der Waals surface area contributed by atoms with Crippen LogP contribution in [0.2, 0.25) is 0 Å². The number of carbonyl (C=O) groups is 1. The number of likely N-dealkylation sites (tertiary alicyclic amines) is 1. The molecule has 2 rings (SSSR count). The third-order valence-electron chi connectivity index (χ3n) is 4.09. The fourth-order valence-corrected chi connectivity index (χ4v) is 2.67. The van der Waals surface area contributed by atoms with Gasteiger partial charge in [-0.05, 0) is 30.5 Å². The van der Waals surface area contributed by atoms with E-state index in [1.807, 2.05) is 0 Å². The molecular weight excluding hydrogens is 304 g/mol. The first-order chi connectivity index (χ1) is 11.0. The first-order valence-electron chi connectivity index (χ1n) is 7.78. The maximum Gasteiger partial charge on any atom is 0.317 e. The summed E-state index contributed by atoms with van der Waals surface area (Å²) in [6, 6.07) is 3.89. The van der Waals surface area contributed by atoms with Crippen molar-refractivity contribution in [3.63, 3.8) is 0 Å². The lowest BCUT2D eigenvalue weighted by Gasteiger charge is -2.33. The molecule has 1 aromatic rings. The number of aliphatic hydroxyl groups excluding tert-OH is 1. The van der Waals surface area contributed by atoms with Crippen molar-refractivity contribution in [2.75, 3.05) is 33.3 Å². The van der Waals surface area contributed by atoms with Crippen LogP contribution in [-0.2, 0) is 6.54 Å². The van der Waals surface area contributed by atoms with Gasteiger partial charge in [0.05, 0.1) is 6.61 Å².